The van der Waals surface area contributed by atoms with Gasteiger partial charge in [-0.2, -0.15) is 4.72 Å². The monoisotopic (exact) mass is 581 g/mol. The van der Waals surface area contributed by atoms with E-state index >= 15 is 0 Å². The second kappa shape index (κ2) is 9.92. The molecule has 0 saturated carbocycles. The first-order valence-corrected chi connectivity index (χ1v) is 15.5. The summed E-state index contributed by atoms with van der Waals surface area (Å²) in [5.41, 5.74) is -0.288. The lowest BCUT2D eigenvalue weighted by Gasteiger charge is -2.39. The van der Waals surface area contributed by atoms with Crippen molar-refractivity contribution in [3.63, 3.8) is 0 Å². The maximum atomic E-state index is 14.1. The fraction of sp³-hybridized carbons (Fsp3) is 0.125. The van der Waals surface area contributed by atoms with Crippen molar-refractivity contribution in [1.29, 1.82) is 0 Å². The van der Waals surface area contributed by atoms with Crippen molar-refractivity contribution in [2.45, 2.75) is 15.1 Å². The third-order valence-electron chi connectivity index (χ3n) is 5.82. The van der Waals surface area contributed by atoms with Crippen molar-refractivity contribution in [1.82, 2.24) is 4.72 Å². The fourth-order valence-corrected chi connectivity index (χ4v) is 9.18. The predicted octanol–water partition coefficient (Wildman–Crippen LogP) is 4.51. The van der Waals surface area contributed by atoms with Crippen molar-refractivity contribution in [2.75, 3.05) is 14.2 Å². The molecule has 37 heavy (non-hydrogen) atoms. The van der Waals surface area contributed by atoms with E-state index in [1.165, 1.54) is 72.8 Å². The largest absolute Gasteiger partial charge is 0.359 e. The molecule has 3 aromatic rings. The molecule has 9 nitrogen and oxygen atoms in total. The molecule has 13 heteroatoms. The minimum Gasteiger partial charge on any atom is -0.310 e. The highest BCUT2D eigenvalue weighted by molar-refractivity contribution is 7.96. The summed E-state index contributed by atoms with van der Waals surface area (Å²) in [7, 11) is -11.5. The number of allylic oxidation sites excluding steroid dienone is 1. The fourth-order valence-electron chi connectivity index (χ4n) is 4.01. The first kappa shape index (κ1) is 27.4. The highest BCUT2D eigenvalue weighted by Gasteiger charge is 2.57. The van der Waals surface area contributed by atoms with Gasteiger partial charge in [0.25, 0.3) is 0 Å². The number of ketones is 1. The van der Waals surface area contributed by atoms with Crippen LogP contribution in [0.15, 0.2) is 99.6 Å². The Labute approximate surface area is 219 Å². The molecular weight excluding hydrogens is 561 g/mol. The molecule has 0 heterocycles. The van der Waals surface area contributed by atoms with Gasteiger partial charge < -0.3 is 9.05 Å². The van der Waals surface area contributed by atoms with Crippen molar-refractivity contribution in [3.8, 4) is 0 Å². The minimum absolute atomic E-state index is 0.100. The van der Waals surface area contributed by atoms with Gasteiger partial charge in [0, 0.05) is 30.4 Å². The smallest absolute Gasteiger partial charge is 0.310 e. The molecule has 4 rings (SSSR count). The van der Waals surface area contributed by atoms with Crippen LogP contribution in [0.5, 0.6) is 0 Å². The van der Waals surface area contributed by atoms with Gasteiger partial charge in [-0.3, -0.25) is 9.36 Å². The third kappa shape index (κ3) is 4.61. The molecular formula is C24H21ClNO8PS2. The molecule has 1 unspecified atom stereocenters. The molecule has 1 aliphatic rings. The number of hydrogen-bond acceptors (Lipinski definition) is 8. The van der Waals surface area contributed by atoms with Gasteiger partial charge in [0.2, 0.25) is 25.6 Å². The topological polar surface area (TPSA) is 133 Å². The Hall–Kier alpha value is -2.63. The zero-order valence-corrected chi connectivity index (χ0v) is 22.8. The summed E-state index contributed by atoms with van der Waals surface area (Å²) in [6.07, 6.45) is 0.807. The van der Waals surface area contributed by atoms with Gasteiger partial charge in [-0.15, -0.1) is 0 Å². The van der Waals surface area contributed by atoms with E-state index in [0.717, 1.165) is 20.3 Å². The van der Waals surface area contributed by atoms with Crippen LogP contribution in [-0.2, 0) is 38.8 Å². The lowest BCUT2D eigenvalue weighted by atomic mass is 9.92. The van der Waals surface area contributed by atoms with Gasteiger partial charge in [0.1, 0.15) is 4.91 Å². The van der Waals surface area contributed by atoms with Crippen LogP contribution in [0, 0.1) is 0 Å². The molecule has 0 amide bonds. The van der Waals surface area contributed by atoms with Gasteiger partial charge in [0.05, 0.1) is 9.79 Å². The molecule has 0 fully saturated rings. The van der Waals surface area contributed by atoms with Gasteiger partial charge in [-0.05, 0) is 42.5 Å². The second-order valence-corrected chi connectivity index (χ2v) is 14.4. The number of fused-ring (bicyclic) bond motifs is 1. The van der Waals surface area contributed by atoms with E-state index in [1.54, 1.807) is 6.07 Å². The summed E-state index contributed by atoms with van der Waals surface area (Å²) in [4.78, 5) is 12.2. The Kier molecular flexibility index (Phi) is 7.35. The van der Waals surface area contributed by atoms with Crippen LogP contribution < -0.4 is 4.72 Å². The Bertz CT molecular complexity index is 1650. The number of rotatable bonds is 8. The van der Waals surface area contributed by atoms with Crippen molar-refractivity contribution >= 4 is 44.8 Å². The number of nitrogens with one attached hydrogen (secondary N) is 1. The molecule has 0 saturated heterocycles. The first-order valence-electron chi connectivity index (χ1n) is 10.6. The average molecular weight is 582 g/mol. The molecule has 0 aliphatic heterocycles. The molecule has 0 radical (unpaired) electrons. The highest BCUT2D eigenvalue weighted by atomic mass is 35.5. The average Bonchev–Trinajstić information content (AvgIpc) is 2.90. The summed E-state index contributed by atoms with van der Waals surface area (Å²) < 4.78 is 81.3. The van der Waals surface area contributed by atoms with E-state index in [2.05, 4.69) is 4.72 Å². The standard InChI is InChI=1S/C24H21ClNO8PS2/c1-33-35(28,34-2)24(26-37(31,32)19-14-12-17(25)13-15-19)16-22(23(27)20-10-6-7-11-21(20)24)36(29,30)18-8-4-3-5-9-18/h3-16,26H,1-2H3. The van der Waals surface area contributed by atoms with E-state index in [1.807, 2.05) is 0 Å². The van der Waals surface area contributed by atoms with Gasteiger partial charge >= 0.3 is 7.60 Å². The van der Waals surface area contributed by atoms with E-state index in [9.17, 15) is 26.2 Å². The summed E-state index contributed by atoms with van der Waals surface area (Å²) in [6.45, 7) is 0. The Morgan fingerprint density at radius 2 is 1.38 bits per heavy atom. The lowest BCUT2D eigenvalue weighted by molar-refractivity contribution is 0.103. The summed E-state index contributed by atoms with van der Waals surface area (Å²) >= 11 is 5.90. The normalized spacial score (nSPS) is 18.2. The molecule has 1 aliphatic carbocycles. The maximum Gasteiger partial charge on any atom is 0.359 e. The number of Topliss-reactive ketones (excluding diaryl/α,β-unsaturated/α-hetero) is 1. The van der Waals surface area contributed by atoms with Crippen LogP contribution in [0.3, 0.4) is 0 Å². The van der Waals surface area contributed by atoms with Crippen LogP contribution in [0.4, 0.5) is 0 Å². The van der Waals surface area contributed by atoms with Crippen molar-refractivity contribution in [3.05, 3.63) is 106 Å². The zero-order valence-electron chi connectivity index (χ0n) is 19.5. The Morgan fingerprint density at radius 1 is 0.811 bits per heavy atom. The Balaban J connectivity index is 2.08. The predicted molar refractivity (Wildman–Crippen MR) is 138 cm³/mol. The summed E-state index contributed by atoms with van der Waals surface area (Å²) in [5.74, 6) is -0.903. The quantitative estimate of drug-likeness (QED) is 0.384. The number of halogens is 1. The van der Waals surface area contributed by atoms with Gasteiger partial charge in [-0.25, -0.2) is 16.8 Å². The van der Waals surface area contributed by atoms with E-state index in [4.69, 9.17) is 20.6 Å². The third-order valence-corrected chi connectivity index (χ3v) is 11.8. The van der Waals surface area contributed by atoms with E-state index < -0.39 is 43.4 Å². The highest BCUT2D eigenvalue weighted by Crippen LogP contribution is 2.66. The number of carbonyl (C=O) groups excluding carboxylic acids is 1. The summed E-state index contributed by atoms with van der Waals surface area (Å²) in [5, 5.41) is -2.16. The second-order valence-electron chi connectivity index (χ2n) is 7.89. The number of sulfone groups is 1. The molecule has 0 spiro atoms. The number of sulfonamides is 1. The molecule has 0 aromatic heterocycles. The van der Waals surface area contributed by atoms with Crippen LogP contribution in [0.1, 0.15) is 15.9 Å². The van der Waals surface area contributed by atoms with Crippen LogP contribution in [-0.4, -0.2) is 36.8 Å². The Morgan fingerprint density at radius 3 is 1.97 bits per heavy atom. The molecule has 194 valence electrons. The molecule has 3 aromatic carbocycles. The van der Waals surface area contributed by atoms with E-state index in [-0.39, 0.29) is 25.9 Å². The molecule has 1 atom stereocenters. The van der Waals surface area contributed by atoms with E-state index in [0.29, 0.717) is 0 Å². The minimum atomic E-state index is -4.58. The SMILES string of the molecule is COP(=O)(OC)C1(NS(=O)(=O)c2ccc(Cl)cc2)C=C(S(=O)(=O)c2ccccc2)C(=O)c2ccccc21. The van der Waals surface area contributed by atoms with Crippen LogP contribution in [0.25, 0.3) is 0 Å². The van der Waals surface area contributed by atoms with Crippen molar-refractivity contribution < 1.29 is 35.2 Å². The molecule has 0 bridgehead atoms. The maximum absolute atomic E-state index is 14.1. The van der Waals surface area contributed by atoms with Gasteiger partial charge in [0.15, 0.2) is 5.28 Å². The van der Waals surface area contributed by atoms with Crippen LogP contribution >= 0.6 is 19.2 Å². The molecule has 1 N–H and O–H groups in total. The number of carbonyl (C=O) groups is 1. The lowest BCUT2D eigenvalue weighted by Crippen LogP contribution is -2.48. The number of benzene rings is 3. The van der Waals surface area contributed by atoms with Crippen molar-refractivity contribution in [2.24, 2.45) is 0 Å². The number of hydrogen-bond donors (Lipinski definition) is 1. The summed E-state index contributed by atoms with van der Waals surface area (Å²) in [6, 6.07) is 17.9. The zero-order chi connectivity index (χ0) is 27.1. The first-order chi connectivity index (χ1) is 17.4. The van der Waals surface area contributed by atoms with Crippen LogP contribution in [0.2, 0.25) is 5.02 Å². The van der Waals surface area contributed by atoms with Gasteiger partial charge in [-0.1, -0.05) is 54.1 Å².